The van der Waals surface area contributed by atoms with Crippen molar-refractivity contribution in [3.8, 4) is 5.75 Å². The van der Waals surface area contributed by atoms with Gasteiger partial charge in [0, 0.05) is 16.3 Å². The number of halogens is 1. The molecule has 0 aliphatic carbocycles. The number of amides is 1. The highest BCUT2D eigenvalue weighted by Gasteiger charge is 2.45. The molecule has 2 aliphatic rings. The summed E-state index contributed by atoms with van der Waals surface area (Å²) in [6.07, 6.45) is 1.75. The van der Waals surface area contributed by atoms with Crippen LogP contribution in [-0.2, 0) is 16.6 Å². The molecule has 0 saturated carbocycles. The molecular formula is C29H28ClNO4. The van der Waals surface area contributed by atoms with Gasteiger partial charge in [-0.2, -0.15) is 0 Å². The SMILES string of the molecule is CC(C)(C)c1ccc(N2C(=O)c3ccccc3[C@@H](C(=O)O)[C@@H]2c2ccc3c(c2)CCCO3)cc1Cl. The number of benzene rings is 3. The summed E-state index contributed by atoms with van der Waals surface area (Å²) in [5.41, 5.74) is 4.09. The molecule has 5 nitrogen and oxygen atoms in total. The van der Waals surface area contributed by atoms with Crippen LogP contribution in [0.4, 0.5) is 5.69 Å². The largest absolute Gasteiger partial charge is 0.493 e. The number of carboxylic acids is 1. The summed E-state index contributed by atoms with van der Waals surface area (Å²) in [4.78, 5) is 28.3. The van der Waals surface area contributed by atoms with E-state index in [2.05, 4.69) is 20.8 Å². The van der Waals surface area contributed by atoms with Crippen LogP contribution in [0.5, 0.6) is 5.75 Å². The number of aliphatic carboxylic acids is 1. The number of anilines is 1. The Balaban J connectivity index is 1.72. The molecule has 5 rings (SSSR count). The average Bonchev–Trinajstić information content (AvgIpc) is 2.82. The third-order valence-corrected chi connectivity index (χ3v) is 7.23. The van der Waals surface area contributed by atoms with Crippen molar-refractivity contribution in [1.82, 2.24) is 0 Å². The van der Waals surface area contributed by atoms with E-state index in [4.69, 9.17) is 16.3 Å². The van der Waals surface area contributed by atoms with Crippen LogP contribution >= 0.6 is 11.6 Å². The van der Waals surface area contributed by atoms with Crippen molar-refractivity contribution in [3.63, 3.8) is 0 Å². The van der Waals surface area contributed by atoms with Gasteiger partial charge in [0.1, 0.15) is 11.7 Å². The Labute approximate surface area is 210 Å². The molecule has 2 atom stereocenters. The summed E-state index contributed by atoms with van der Waals surface area (Å²) in [6, 6.07) is 17.6. The molecule has 3 aromatic carbocycles. The molecule has 0 spiro atoms. The third kappa shape index (κ3) is 4.08. The van der Waals surface area contributed by atoms with E-state index >= 15 is 0 Å². The maximum absolute atomic E-state index is 13.9. The van der Waals surface area contributed by atoms with Gasteiger partial charge in [-0.15, -0.1) is 0 Å². The van der Waals surface area contributed by atoms with E-state index in [0.29, 0.717) is 28.4 Å². The summed E-state index contributed by atoms with van der Waals surface area (Å²) in [7, 11) is 0. The molecule has 6 heteroatoms. The molecule has 1 N–H and O–H groups in total. The molecule has 35 heavy (non-hydrogen) atoms. The molecule has 1 amide bonds. The second-order valence-electron chi connectivity index (χ2n) is 10.3. The van der Waals surface area contributed by atoms with Crippen molar-refractivity contribution in [1.29, 1.82) is 0 Å². The van der Waals surface area contributed by atoms with Crippen molar-refractivity contribution in [3.05, 3.63) is 93.5 Å². The second kappa shape index (κ2) is 8.72. The van der Waals surface area contributed by atoms with Crippen molar-refractivity contribution < 1.29 is 19.4 Å². The van der Waals surface area contributed by atoms with Gasteiger partial charge in [0.05, 0.1) is 12.6 Å². The second-order valence-corrected chi connectivity index (χ2v) is 10.7. The number of aryl methyl sites for hydroxylation is 1. The first kappa shape index (κ1) is 23.4. The molecule has 0 unspecified atom stereocenters. The monoisotopic (exact) mass is 489 g/mol. The molecule has 2 heterocycles. The van der Waals surface area contributed by atoms with Crippen LogP contribution in [0, 0.1) is 0 Å². The maximum Gasteiger partial charge on any atom is 0.313 e. The lowest BCUT2D eigenvalue weighted by atomic mass is 9.78. The topological polar surface area (TPSA) is 66.8 Å². The summed E-state index contributed by atoms with van der Waals surface area (Å²) < 4.78 is 5.78. The molecule has 0 fully saturated rings. The van der Waals surface area contributed by atoms with Gasteiger partial charge in [0.2, 0.25) is 0 Å². The fourth-order valence-electron chi connectivity index (χ4n) is 5.25. The van der Waals surface area contributed by atoms with Gasteiger partial charge in [-0.05, 0) is 70.8 Å². The zero-order valence-corrected chi connectivity index (χ0v) is 20.8. The van der Waals surface area contributed by atoms with E-state index in [1.54, 1.807) is 35.2 Å². The number of hydrogen-bond acceptors (Lipinski definition) is 3. The van der Waals surface area contributed by atoms with Gasteiger partial charge in [-0.25, -0.2) is 0 Å². The molecule has 0 saturated heterocycles. The smallest absolute Gasteiger partial charge is 0.313 e. The number of carbonyl (C=O) groups is 2. The number of carbonyl (C=O) groups excluding carboxylic acids is 1. The predicted molar refractivity (Wildman–Crippen MR) is 137 cm³/mol. The Morgan fingerprint density at radius 1 is 1.09 bits per heavy atom. The highest BCUT2D eigenvalue weighted by atomic mass is 35.5. The quantitative estimate of drug-likeness (QED) is 0.454. The van der Waals surface area contributed by atoms with Gasteiger partial charge in [-0.1, -0.05) is 62.7 Å². The van der Waals surface area contributed by atoms with E-state index in [1.165, 1.54) is 0 Å². The fourth-order valence-corrected chi connectivity index (χ4v) is 5.71. The van der Waals surface area contributed by atoms with Gasteiger partial charge in [0.25, 0.3) is 5.91 Å². The Morgan fingerprint density at radius 3 is 2.57 bits per heavy atom. The van der Waals surface area contributed by atoms with Crippen LogP contribution in [-0.4, -0.2) is 23.6 Å². The summed E-state index contributed by atoms with van der Waals surface area (Å²) in [6.45, 7) is 6.90. The first-order valence-corrected chi connectivity index (χ1v) is 12.3. The van der Waals surface area contributed by atoms with Crippen molar-refractivity contribution >= 4 is 29.2 Å². The molecule has 0 radical (unpaired) electrons. The van der Waals surface area contributed by atoms with Crippen LogP contribution in [0.3, 0.4) is 0 Å². The zero-order valence-electron chi connectivity index (χ0n) is 20.0. The van der Waals surface area contributed by atoms with Gasteiger partial charge in [-0.3, -0.25) is 14.5 Å². The van der Waals surface area contributed by atoms with E-state index in [0.717, 1.165) is 35.3 Å². The Morgan fingerprint density at radius 2 is 1.86 bits per heavy atom. The molecular weight excluding hydrogens is 462 g/mol. The Hall–Kier alpha value is -3.31. The first-order valence-electron chi connectivity index (χ1n) is 11.9. The number of ether oxygens (including phenoxy) is 1. The van der Waals surface area contributed by atoms with Crippen LogP contribution < -0.4 is 9.64 Å². The van der Waals surface area contributed by atoms with Gasteiger partial charge in [0.15, 0.2) is 0 Å². The Kier molecular flexibility index (Phi) is 5.84. The molecule has 0 aromatic heterocycles. The van der Waals surface area contributed by atoms with E-state index < -0.39 is 17.9 Å². The lowest BCUT2D eigenvalue weighted by Crippen LogP contribution is -2.45. The summed E-state index contributed by atoms with van der Waals surface area (Å²) in [5, 5.41) is 11.0. The minimum Gasteiger partial charge on any atom is -0.493 e. The van der Waals surface area contributed by atoms with E-state index in [1.807, 2.05) is 30.3 Å². The van der Waals surface area contributed by atoms with Crippen LogP contribution in [0.2, 0.25) is 5.02 Å². The standard InChI is InChI=1S/C29H28ClNO4/c1-29(2,3)22-12-11-19(16-23(22)30)31-26(18-10-13-24-17(15-18)7-6-14-35-24)25(28(33)34)20-8-4-5-9-21(20)27(31)32/h4-5,8-13,15-16,25-26H,6-7,14H2,1-3H3,(H,33,34)/t25-,26+/m1/s1. The minimum atomic E-state index is -0.980. The predicted octanol–water partition coefficient (Wildman–Crippen LogP) is 6.53. The Bertz CT molecular complexity index is 1330. The zero-order chi connectivity index (χ0) is 24.9. The van der Waals surface area contributed by atoms with Crippen LogP contribution in [0.25, 0.3) is 0 Å². The van der Waals surface area contributed by atoms with Crippen molar-refractivity contribution in [2.24, 2.45) is 0 Å². The fraction of sp³-hybridized carbons (Fsp3) is 0.310. The van der Waals surface area contributed by atoms with Crippen molar-refractivity contribution in [2.45, 2.75) is 51.0 Å². The molecule has 3 aromatic rings. The first-order chi connectivity index (χ1) is 16.7. The maximum atomic E-state index is 13.9. The van der Waals surface area contributed by atoms with Gasteiger partial charge < -0.3 is 9.84 Å². The van der Waals surface area contributed by atoms with Crippen LogP contribution in [0.15, 0.2) is 60.7 Å². The molecule has 2 aliphatic heterocycles. The van der Waals surface area contributed by atoms with Gasteiger partial charge >= 0.3 is 5.97 Å². The summed E-state index contributed by atoms with van der Waals surface area (Å²) >= 11 is 6.70. The van der Waals surface area contributed by atoms with E-state index in [-0.39, 0.29) is 11.3 Å². The molecule has 0 bridgehead atoms. The van der Waals surface area contributed by atoms with Crippen molar-refractivity contribution in [2.75, 3.05) is 11.5 Å². The lowest BCUT2D eigenvalue weighted by Gasteiger charge is -2.41. The number of hydrogen-bond donors (Lipinski definition) is 1. The number of rotatable bonds is 3. The number of fused-ring (bicyclic) bond motifs is 2. The number of carboxylic acid groups (broad SMARTS) is 1. The number of nitrogens with zero attached hydrogens (tertiary/aromatic N) is 1. The average molecular weight is 490 g/mol. The summed E-state index contributed by atoms with van der Waals surface area (Å²) in [5.74, 6) is -1.34. The minimum absolute atomic E-state index is 0.171. The lowest BCUT2D eigenvalue weighted by molar-refractivity contribution is -0.139. The van der Waals surface area contributed by atoms with E-state index in [9.17, 15) is 14.7 Å². The molecule has 180 valence electrons. The highest BCUT2D eigenvalue weighted by molar-refractivity contribution is 6.32. The van der Waals surface area contributed by atoms with Crippen LogP contribution in [0.1, 0.15) is 71.8 Å². The third-order valence-electron chi connectivity index (χ3n) is 6.92. The normalized spacial score (nSPS) is 19.5. The highest BCUT2D eigenvalue weighted by Crippen LogP contribution is 2.47.